The monoisotopic (exact) mass is 718 g/mol. The lowest BCUT2D eigenvalue weighted by molar-refractivity contribution is 0.589. The van der Waals surface area contributed by atoms with E-state index in [1.807, 2.05) is 22.7 Å². The Hall–Kier alpha value is -3.72. The molecule has 0 bridgehead atoms. The number of allylic oxidation sites excluding steroid dienone is 2. The molecule has 2 aromatic heterocycles. The topological polar surface area (TPSA) is 0 Å². The van der Waals surface area contributed by atoms with Crippen LogP contribution in [0.4, 0.5) is 0 Å². The van der Waals surface area contributed by atoms with Crippen LogP contribution in [-0.4, -0.2) is 0 Å². The Labute approximate surface area is 320 Å². The van der Waals surface area contributed by atoms with Crippen molar-refractivity contribution in [2.45, 2.75) is 117 Å². The summed E-state index contributed by atoms with van der Waals surface area (Å²) in [5.41, 5.74) is 14.3. The van der Waals surface area contributed by atoms with Gasteiger partial charge in [-0.2, -0.15) is 0 Å². The molecule has 0 saturated carbocycles. The lowest BCUT2D eigenvalue weighted by Gasteiger charge is -2.10. The largest absolute Gasteiger partial charge is 0.134 e. The van der Waals surface area contributed by atoms with Crippen molar-refractivity contribution >= 4 is 65.1 Å². The number of thiophene rings is 2. The summed E-state index contributed by atoms with van der Waals surface area (Å²) < 4.78 is 2.77. The lowest BCUT2D eigenvalue weighted by atomic mass is 9.93. The van der Waals surface area contributed by atoms with Gasteiger partial charge in [0.05, 0.1) is 0 Å². The molecule has 2 heteroatoms. The molecule has 0 saturated heterocycles. The van der Waals surface area contributed by atoms with Gasteiger partial charge in [0.1, 0.15) is 0 Å². The highest BCUT2D eigenvalue weighted by atomic mass is 32.1. The fourth-order valence-electron chi connectivity index (χ4n) is 8.72. The Morgan fingerprint density at radius 1 is 0.365 bits per heavy atom. The van der Waals surface area contributed by atoms with Gasteiger partial charge in [0.25, 0.3) is 0 Å². The Morgan fingerprint density at radius 3 is 1.13 bits per heavy atom. The third-order valence-corrected chi connectivity index (χ3v) is 13.9. The first kappa shape index (κ1) is 35.3. The van der Waals surface area contributed by atoms with Crippen LogP contribution in [0.1, 0.15) is 147 Å². The SMILES string of the molecule is CCCCCCCCCc1ccc(C2=C3C(=C(c4ccc(CCCCCCCCC)cc4)c4c3sc3ccccc43)c3sc4ccccc4c32)cc1. The molecule has 0 amide bonds. The Bertz CT molecular complexity index is 2040. The summed E-state index contributed by atoms with van der Waals surface area (Å²) in [5.74, 6) is 0. The minimum absolute atomic E-state index is 1.18. The summed E-state index contributed by atoms with van der Waals surface area (Å²) in [7, 11) is 0. The van der Waals surface area contributed by atoms with Crippen molar-refractivity contribution in [3.8, 4) is 0 Å². The highest BCUT2D eigenvalue weighted by Crippen LogP contribution is 2.64. The molecule has 4 aromatic carbocycles. The zero-order chi connectivity index (χ0) is 35.3. The van der Waals surface area contributed by atoms with Crippen molar-refractivity contribution in [1.82, 2.24) is 0 Å². The van der Waals surface area contributed by atoms with E-state index in [4.69, 9.17) is 0 Å². The molecule has 0 aliphatic heterocycles. The summed E-state index contributed by atoms with van der Waals surface area (Å²) >= 11 is 3.98. The second kappa shape index (κ2) is 16.5. The number of hydrogen-bond donors (Lipinski definition) is 0. The van der Waals surface area contributed by atoms with Crippen LogP contribution < -0.4 is 0 Å². The number of hydrogen-bond acceptors (Lipinski definition) is 2. The first-order valence-electron chi connectivity index (χ1n) is 20.5. The van der Waals surface area contributed by atoms with Crippen LogP contribution in [0.3, 0.4) is 0 Å². The van der Waals surface area contributed by atoms with E-state index >= 15 is 0 Å². The number of rotatable bonds is 18. The van der Waals surface area contributed by atoms with Crippen molar-refractivity contribution in [2.24, 2.45) is 0 Å². The average molecular weight is 719 g/mol. The van der Waals surface area contributed by atoms with Gasteiger partial charge in [0.15, 0.2) is 0 Å². The van der Waals surface area contributed by atoms with Gasteiger partial charge in [-0.1, -0.05) is 176 Å². The van der Waals surface area contributed by atoms with Crippen molar-refractivity contribution in [2.75, 3.05) is 0 Å². The predicted octanol–water partition coefficient (Wildman–Crippen LogP) is 15.9. The van der Waals surface area contributed by atoms with E-state index in [0.717, 1.165) is 0 Å². The second-order valence-electron chi connectivity index (χ2n) is 15.2. The second-order valence-corrected chi connectivity index (χ2v) is 17.3. The molecule has 0 unspecified atom stereocenters. The van der Waals surface area contributed by atoms with E-state index in [-0.39, 0.29) is 0 Å². The molecular weight excluding hydrogens is 665 g/mol. The van der Waals surface area contributed by atoms with Crippen molar-refractivity contribution in [3.63, 3.8) is 0 Å². The van der Waals surface area contributed by atoms with Gasteiger partial charge in [-0.15, -0.1) is 22.7 Å². The van der Waals surface area contributed by atoms with E-state index in [9.17, 15) is 0 Å². The highest BCUT2D eigenvalue weighted by Gasteiger charge is 2.41. The molecule has 0 spiro atoms. The molecule has 0 N–H and O–H groups in total. The van der Waals surface area contributed by atoms with Gasteiger partial charge < -0.3 is 0 Å². The van der Waals surface area contributed by atoms with Gasteiger partial charge >= 0.3 is 0 Å². The maximum absolute atomic E-state index is 2.43. The molecule has 0 atom stereocenters. The van der Waals surface area contributed by atoms with E-state index in [2.05, 4.69) is 111 Å². The average Bonchev–Trinajstić information content (AvgIpc) is 3.91. The summed E-state index contributed by atoms with van der Waals surface area (Å²) in [5, 5.41) is 2.79. The predicted molar refractivity (Wildman–Crippen MR) is 232 cm³/mol. The number of aryl methyl sites for hydroxylation is 2. The van der Waals surface area contributed by atoms with Crippen molar-refractivity contribution in [1.29, 1.82) is 0 Å². The van der Waals surface area contributed by atoms with Gasteiger partial charge in [-0.3, -0.25) is 0 Å². The lowest BCUT2D eigenvalue weighted by Crippen LogP contribution is -1.92. The molecule has 266 valence electrons. The number of benzene rings is 4. The maximum Gasteiger partial charge on any atom is 0.0447 e. The first-order valence-corrected chi connectivity index (χ1v) is 22.1. The molecule has 2 heterocycles. The normalized spacial score (nSPS) is 13.5. The first-order chi connectivity index (χ1) is 25.8. The highest BCUT2D eigenvalue weighted by molar-refractivity contribution is 7.23. The summed E-state index contributed by atoms with van der Waals surface area (Å²) in [6.45, 7) is 4.60. The number of unbranched alkanes of at least 4 members (excludes halogenated alkanes) is 12. The van der Waals surface area contributed by atoms with Crippen LogP contribution in [-0.2, 0) is 12.8 Å². The van der Waals surface area contributed by atoms with Crippen LogP contribution >= 0.6 is 22.7 Å². The van der Waals surface area contributed by atoms with E-state index in [1.165, 1.54) is 188 Å². The van der Waals surface area contributed by atoms with Crippen LogP contribution in [0, 0.1) is 0 Å². The van der Waals surface area contributed by atoms with Crippen LogP contribution in [0.2, 0.25) is 0 Å². The van der Waals surface area contributed by atoms with Gasteiger partial charge in [0, 0.05) is 63.3 Å². The summed E-state index contributed by atoms with van der Waals surface area (Å²) in [4.78, 5) is 2.90. The van der Waals surface area contributed by atoms with Crippen LogP contribution in [0.5, 0.6) is 0 Å². The zero-order valence-corrected chi connectivity index (χ0v) is 33.0. The van der Waals surface area contributed by atoms with E-state index in [1.54, 1.807) is 0 Å². The fraction of sp³-hybridized carbons (Fsp3) is 0.360. The molecule has 52 heavy (non-hydrogen) atoms. The quantitative estimate of drug-likeness (QED) is 0.0776. The zero-order valence-electron chi connectivity index (χ0n) is 31.4. The minimum Gasteiger partial charge on any atom is -0.134 e. The Balaban J connectivity index is 1.16. The fourth-order valence-corrected chi connectivity index (χ4v) is 11.3. The van der Waals surface area contributed by atoms with Crippen molar-refractivity contribution in [3.05, 3.63) is 140 Å². The summed E-state index contributed by atoms with van der Waals surface area (Å²) in [6, 6.07) is 37.6. The molecule has 0 nitrogen and oxygen atoms in total. The van der Waals surface area contributed by atoms with Gasteiger partial charge in [-0.05, 0) is 60.1 Å². The number of fused-ring (bicyclic) bond motifs is 9. The van der Waals surface area contributed by atoms with Gasteiger partial charge in [-0.25, -0.2) is 0 Å². The molecule has 0 fully saturated rings. The smallest absolute Gasteiger partial charge is 0.0447 e. The molecule has 0 radical (unpaired) electrons. The van der Waals surface area contributed by atoms with E-state index < -0.39 is 0 Å². The van der Waals surface area contributed by atoms with Crippen LogP contribution in [0.15, 0.2) is 97.1 Å². The molecule has 8 rings (SSSR count). The maximum atomic E-state index is 2.43. The molecular formula is C50H54S2. The third kappa shape index (κ3) is 7.02. The standard InChI is InChI=1S/C50H54S2/c1-3-5-7-9-11-13-15-21-35-27-31-37(32-28-35)43-45-39-23-17-19-25-41(39)51-49(45)48-44(46-40-24-18-20-26-42(40)52-50(46)47(43)48)38-33-29-36(30-34-38)22-16-14-12-10-8-6-4-2/h17-20,23-34H,3-16,21-22H2,1-2H3. The van der Waals surface area contributed by atoms with E-state index in [0.29, 0.717) is 0 Å². The van der Waals surface area contributed by atoms with Crippen LogP contribution in [0.25, 0.3) is 42.5 Å². The summed E-state index contributed by atoms with van der Waals surface area (Å²) in [6.07, 6.45) is 21.4. The van der Waals surface area contributed by atoms with Gasteiger partial charge in [0.2, 0.25) is 0 Å². The minimum atomic E-state index is 1.18. The van der Waals surface area contributed by atoms with Crippen molar-refractivity contribution < 1.29 is 0 Å². The molecule has 2 aliphatic carbocycles. The molecule has 2 aliphatic rings. The Morgan fingerprint density at radius 2 is 0.731 bits per heavy atom. The molecule has 6 aromatic rings. The third-order valence-electron chi connectivity index (χ3n) is 11.5. The Kier molecular flexibility index (Phi) is 11.2.